The third-order valence-corrected chi connectivity index (χ3v) is 30.9. The van der Waals surface area contributed by atoms with Gasteiger partial charge in [0.25, 0.3) is 0 Å². The van der Waals surface area contributed by atoms with Gasteiger partial charge >= 0.3 is 0 Å². The molecule has 0 aliphatic carbocycles. The molecule has 0 radical (unpaired) electrons. The molecule has 0 fully saturated rings. The molecule has 6 aromatic heterocycles. The summed E-state index contributed by atoms with van der Waals surface area (Å²) in [7, 11) is -14.1. The van der Waals surface area contributed by atoms with Gasteiger partial charge in [-0.05, 0) is 166 Å². The zero-order chi connectivity index (χ0) is 69.8. The van der Waals surface area contributed by atoms with Crippen LogP contribution in [0.25, 0.3) is 22.1 Å². The summed E-state index contributed by atoms with van der Waals surface area (Å²) >= 11 is 0. The largest absolute Gasteiger partial charge is 0.284 e. The van der Waals surface area contributed by atoms with Gasteiger partial charge in [-0.15, -0.1) is 15.3 Å². The number of fused-ring (bicyclic) bond motifs is 2. The lowest BCUT2D eigenvalue weighted by atomic mass is 10.0. The molecule has 0 saturated carbocycles. The lowest BCUT2D eigenvalue weighted by molar-refractivity contribution is 0.732. The summed E-state index contributed by atoms with van der Waals surface area (Å²) in [6.45, 7) is 87.2. The zero-order valence-corrected chi connectivity index (χ0v) is 74.0. The van der Waals surface area contributed by atoms with Crippen LogP contribution in [0.1, 0.15) is 102 Å². The van der Waals surface area contributed by atoms with Gasteiger partial charge in [0.05, 0.1) is 44.2 Å². The quantitative estimate of drug-likeness (QED) is 0.0940. The first kappa shape index (κ1) is 80.2. The maximum atomic E-state index is 4.88. The van der Waals surface area contributed by atoms with E-state index in [4.69, 9.17) is 10.2 Å². The molecule has 90 heavy (non-hydrogen) atoms. The monoisotopic (exact) mass is 1400 g/mol. The number of rotatable bonds is 14. The van der Waals surface area contributed by atoms with Gasteiger partial charge in [0.2, 0.25) is 24.7 Å². The van der Waals surface area contributed by atoms with Crippen LogP contribution in [-0.2, 0) is 0 Å². The Morgan fingerprint density at radius 1 is 0.278 bits per heavy atom. The number of benzene rings is 2. The van der Waals surface area contributed by atoms with Crippen molar-refractivity contribution in [2.45, 2.75) is 275 Å². The van der Waals surface area contributed by atoms with E-state index >= 15 is 0 Å². The van der Waals surface area contributed by atoms with Gasteiger partial charge < -0.3 is 0 Å². The molecule has 0 bridgehead atoms. The minimum atomic E-state index is -1.46. The molecule has 0 atom stereocenters. The van der Waals surface area contributed by atoms with Crippen molar-refractivity contribution in [3.8, 4) is 0 Å². The average Bonchev–Trinajstić information content (AvgIpc) is 1.61. The van der Waals surface area contributed by atoms with Crippen molar-refractivity contribution in [1.82, 2.24) is 88.0 Å². The van der Waals surface area contributed by atoms with Crippen LogP contribution in [0.3, 0.4) is 0 Å². The van der Waals surface area contributed by atoms with Crippen molar-refractivity contribution in [1.29, 1.82) is 0 Å². The van der Waals surface area contributed by atoms with E-state index in [1.165, 1.54) is 44.0 Å². The Morgan fingerprint density at radius 3 is 0.922 bits per heavy atom. The molecule has 2 aromatic carbocycles. The predicted octanol–water partition coefficient (Wildman–Crippen LogP) is 14.7. The molecule has 6 heterocycles. The first-order chi connectivity index (χ1) is 40.3. The Kier molecular flexibility index (Phi) is 26.5. The highest BCUT2D eigenvalue weighted by Crippen LogP contribution is 2.27. The van der Waals surface area contributed by atoms with Gasteiger partial charge in [-0.2, -0.15) is 30.6 Å². The fraction of sp³-hybridized carbons (Fsp3) is 0.677. The molecule has 0 aliphatic heterocycles. The van der Waals surface area contributed by atoms with E-state index < -0.39 is 81.7 Å². The van der Waals surface area contributed by atoms with Crippen LogP contribution in [0.5, 0.6) is 0 Å². The molecule has 0 unspecified atom stereocenters. The standard InChI is InChI=1S/2C11H27N3Si3.2C11H23N3Si.2C9H13N3Si/c1-15(2,3)10-11(16(4,5)6)14(13-12-10)17(7,8)9;1-15(2,3)10-11(16(4,5)6)13-14(12-10)17(7,8)9;1-8(2)10-11(9(3)4)14(13-12-10)15(5,6)7;1-8(2)10-11(9(3)4)13-14(12-10)15(5,6)7;1-13(2,3)12-9-7-5-4-6-8(9)10-11-12;1-13(2,3)12-10-8-6-4-5-7-9(8)11-12/h2*1-9H3;2*8-9H,1-7H3;2*4-7H,1-3H3. The Bertz CT molecular complexity index is 3370. The second-order valence-corrected chi connectivity index (χ2v) is 83.9. The van der Waals surface area contributed by atoms with E-state index in [0.29, 0.717) is 23.7 Å². The smallest absolute Gasteiger partial charge is 0.202 e. The average molecular weight is 1400 g/mol. The first-order valence-electron chi connectivity index (χ1n) is 32.9. The molecule has 0 N–H and O–H groups in total. The normalized spacial score (nSPS) is 13.2. The van der Waals surface area contributed by atoms with Crippen LogP contribution in [0, 0.1) is 0 Å². The van der Waals surface area contributed by atoms with E-state index in [9.17, 15) is 0 Å². The fourth-order valence-corrected chi connectivity index (χ4v) is 27.2. The van der Waals surface area contributed by atoms with Gasteiger partial charge in [0.1, 0.15) is 48.8 Å². The summed E-state index contributed by atoms with van der Waals surface area (Å²) in [5.41, 5.74) is 8.98. The van der Waals surface area contributed by atoms with Crippen LogP contribution in [0.4, 0.5) is 0 Å². The van der Waals surface area contributed by atoms with Gasteiger partial charge in [-0.1, -0.05) is 174 Å². The van der Waals surface area contributed by atoms with Crippen LogP contribution < -0.4 is 21.3 Å². The first-order valence-corrected chi connectivity index (χ1v) is 67.5. The van der Waals surface area contributed by atoms with E-state index in [1.807, 2.05) is 51.4 Å². The van der Waals surface area contributed by atoms with E-state index in [1.54, 1.807) is 0 Å². The maximum Gasteiger partial charge on any atom is 0.202 e. The van der Waals surface area contributed by atoms with Crippen LogP contribution in [0.2, 0.25) is 196 Å². The molecular weight excluding hydrogens is 1280 g/mol. The Balaban J connectivity index is 0.000000283. The number of para-hydroxylation sites is 1. The molecule has 0 spiro atoms. The van der Waals surface area contributed by atoms with Crippen molar-refractivity contribution in [2.24, 2.45) is 0 Å². The summed E-state index contributed by atoms with van der Waals surface area (Å²) in [6.07, 6.45) is 0. The van der Waals surface area contributed by atoms with Crippen molar-refractivity contribution in [3.63, 3.8) is 0 Å². The second-order valence-electron chi connectivity index (χ2n) is 35.5. The molecular formula is C62H126N18Si10. The highest BCUT2D eigenvalue weighted by Gasteiger charge is 2.38. The molecule has 0 amide bonds. The molecule has 18 nitrogen and oxygen atoms in total. The second kappa shape index (κ2) is 29.7. The zero-order valence-electron chi connectivity index (χ0n) is 64.0. The summed E-state index contributed by atoms with van der Waals surface area (Å²) in [4.78, 5) is 0. The Morgan fingerprint density at radius 2 is 0.600 bits per heavy atom. The summed E-state index contributed by atoms with van der Waals surface area (Å²) in [5, 5.41) is 59.7. The molecule has 8 aromatic rings. The van der Waals surface area contributed by atoms with Crippen molar-refractivity contribution >= 4 is 125 Å². The summed E-state index contributed by atoms with van der Waals surface area (Å²) < 4.78 is 12.5. The Hall–Kier alpha value is -4.03. The van der Waals surface area contributed by atoms with Gasteiger partial charge in [-0.25, -0.2) is 13.4 Å². The minimum Gasteiger partial charge on any atom is -0.284 e. The predicted molar refractivity (Wildman–Crippen MR) is 416 cm³/mol. The third-order valence-electron chi connectivity index (χ3n) is 14.1. The number of aromatic nitrogens is 18. The molecule has 28 heteroatoms. The maximum absolute atomic E-state index is 4.88. The van der Waals surface area contributed by atoms with Crippen molar-refractivity contribution in [2.75, 3.05) is 0 Å². The lowest BCUT2D eigenvalue weighted by Crippen LogP contribution is -2.61. The lowest BCUT2D eigenvalue weighted by Gasteiger charge is -2.28. The SMILES string of the molecule is CC(C)c1nn([Si](C)(C)C)nc1C(C)C.CC(C)c1nnn([Si](C)(C)C)c1C(C)C.C[Si](C)(C)c1nn([Si](C)(C)C)nc1[Si](C)(C)C.C[Si](C)(C)c1nnn([Si](C)(C)C)c1[Si](C)(C)C.C[Si](C)(C)n1nc2ccccc2n1.C[Si](C)(C)n1nnc2ccccc21. The van der Waals surface area contributed by atoms with Gasteiger partial charge in [0, 0.05) is 5.32 Å². The minimum absolute atomic E-state index is 0.465. The fourth-order valence-electron chi connectivity index (χ4n) is 9.27. The van der Waals surface area contributed by atoms with Crippen LogP contribution in [-0.4, -0.2) is 170 Å². The summed E-state index contributed by atoms with van der Waals surface area (Å²) in [5.74, 6) is 1.90. The Labute approximate surface area is 555 Å². The van der Waals surface area contributed by atoms with Crippen LogP contribution >= 0.6 is 0 Å². The van der Waals surface area contributed by atoms with Gasteiger partial charge in [-0.3, -0.25) is 13.0 Å². The highest BCUT2D eigenvalue weighted by atomic mass is 28.4. The van der Waals surface area contributed by atoms with E-state index in [2.05, 4.69) is 327 Å². The molecule has 0 saturated heterocycles. The number of hydrogen-bond acceptors (Lipinski definition) is 12. The number of nitrogens with zero attached hydrogens (tertiary/aromatic N) is 18. The highest BCUT2D eigenvalue weighted by molar-refractivity contribution is 6.99. The topological polar surface area (TPSA) is 184 Å². The molecule has 8 rings (SSSR count). The van der Waals surface area contributed by atoms with E-state index in [-0.39, 0.29) is 0 Å². The van der Waals surface area contributed by atoms with Crippen molar-refractivity contribution in [3.05, 3.63) is 71.3 Å². The van der Waals surface area contributed by atoms with Crippen LogP contribution in [0.15, 0.2) is 48.5 Å². The molecule has 504 valence electrons. The molecule has 0 aliphatic rings. The van der Waals surface area contributed by atoms with Gasteiger partial charge in [0.15, 0.2) is 24.7 Å². The summed E-state index contributed by atoms with van der Waals surface area (Å²) in [6, 6.07) is 16.1. The van der Waals surface area contributed by atoms with E-state index in [0.717, 1.165) is 22.1 Å². The van der Waals surface area contributed by atoms with Crippen molar-refractivity contribution < 1.29 is 0 Å². The third kappa shape index (κ3) is 22.3. The number of hydrogen-bond donors (Lipinski definition) is 0.